The lowest BCUT2D eigenvalue weighted by atomic mass is 10.3. The van der Waals surface area contributed by atoms with Crippen LogP contribution in [0.4, 0.5) is 5.69 Å². The molecule has 0 saturated heterocycles. The van der Waals surface area contributed by atoms with Crippen LogP contribution in [0.3, 0.4) is 0 Å². The Hall–Kier alpha value is 0.0200. The normalized spacial score (nSPS) is 12.4. The van der Waals surface area contributed by atoms with Crippen LogP contribution in [0, 0.1) is 0 Å². The van der Waals surface area contributed by atoms with Crippen LogP contribution in [0.5, 0.6) is 0 Å². The first kappa shape index (κ1) is 19.1. The third-order valence-corrected chi connectivity index (χ3v) is 3.78. The predicted molar refractivity (Wildman–Crippen MR) is 96.4 cm³/mol. The lowest BCUT2D eigenvalue weighted by Crippen LogP contribution is -2.56. The summed E-state index contributed by atoms with van der Waals surface area (Å²) in [5, 5.41) is 8.21. The lowest BCUT2D eigenvalue weighted by molar-refractivity contribution is -0.119. The number of halogens is 5. The van der Waals surface area contributed by atoms with E-state index in [0.717, 1.165) is 10.2 Å². The van der Waals surface area contributed by atoms with Gasteiger partial charge in [-0.3, -0.25) is 4.79 Å². The third kappa shape index (κ3) is 7.21. The average molecular weight is 454 g/mol. The van der Waals surface area contributed by atoms with E-state index >= 15 is 0 Å². The molecule has 3 N–H and O–H groups in total. The molecule has 1 atom stereocenters. The molecule has 1 aromatic carbocycles. The molecule has 116 valence electrons. The minimum Gasteiger partial charge on any atom is -0.339 e. The van der Waals surface area contributed by atoms with E-state index in [9.17, 15) is 4.79 Å². The minimum absolute atomic E-state index is 0.184. The zero-order valence-electron chi connectivity index (χ0n) is 10.3. The van der Waals surface area contributed by atoms with E-state index in [1.807, 2.05) is 12.1 Å². The Kier molecular flexibility index (Phi) is 7.81. The van der Waals surface area contributed by atoms with Crippen molar-refractivity contribution in [1.29, 1.82) is 0 Å². The molecule has 0 aromatic heterocycles. The SMILES string of the molecule is O=C(CCl)NC(NC(=S)Nc1ccc(Br)cc1)C(Cl)(Cl)Cl. The maximum Gasteiger partial charge on any atom is 0.236 e. The number of carbonyl (C=O) groups excluding carboxylic acids is 1. The second-order valence-corrected chi connectivity index (χ2v) is 7.74. The Labute approximate surface area is 156 Å². The molecule has 0 saturated carbocycles. The number of thiocarbonyl (C=S) groups is 1. The molecule has 0 spiro atoms. The van der Waals surface area contributed by atoms with Crippen LogP contribution in [0.25, 0.3) is 0 Å². The highest BCUT2D eigenvalue weighted by Crippen LogP contribution is 2.29. The molecule has 4 nitrogen and oxygen atoms in total. The van der Waals surface area contributed by atoms with Crippen molar-refractivity contribution in [3.8, 4) is 0 Å². The fraction of sp³-hybridized carbons (Fsp3) is 0.273. The van der Waals surface area contributed by atoms with Crippen molar-refractivity contribution in [1.82, 2.24) is 10.6 Å². The molecule has 10 heteroatoms. The molecule has 0 bridgehead atoms. The summed E-state index contributed by atoms with van der Waals surface area (Å²) >= 11 is 31.2. The lowest BCUT2D eigenvalue weighted by Gasteiger charge is -2.27. The standard InChI is InChI=1S/C11H10BrCl4N3OS/c12-6-1-3-7(4-2-6)17-10(21)19-9(11(14,15)16)18-8(20)5-13/h1-4,9H,5H2,(H,18,20)(H2,17,19,21). The van der Waals surface area contributed by atoms with Gasteiger partial charge in [0.2, 0.25) is 9.70 Å². The zero-order chi connectivity index (χ0) is 16.0. The van der Waals surface area contributed by atoms with Gasteiger partial charge in [0.15, 0.2) is 5.11 Å². The van der Waals surface area contributed by atoms with Crippen molar-refractivity contribution in [2.75, 3.05) is 11.2 Å². The van der Waals surface area contributed by atoms with E-state index in [1.54, 1.807) is 12.1 Å². The van der Waals surface area contributed by atoms with E-state index in [0.29, 0.717) is 0 Å². The molecule has 0 aliphatic rings. The zero-order valence-corrected chi connectivity index (χ0v) is 15.7. The van der Waals surface area contributed by atoms with Crippen molar-refractivity contribution >= 4 is 91.3 Å². The molecular weight excluding hydrogens is 444 g/mol. The highest BCUT2D eigenvalue weighted by molar-refractivity contribution is 9.10. The number of hydrogen-bond donors (Lipinski definition) is 3. The molecule has 0 heterocycles. The monoisotopic (exact) mass is 451 g/mol. The van der Waals surface area contributed by atoms with Crippen molar-refractivity contribution < 1.29 is 4.79 Å². The summed E-state index contributed by atoms with van der Waals surface area (Å²) < 4.78 is -0.867. The van der Waals surface area contributed by atoms with E-state index in [-0.39, 0.29) is 11.0 Å². The smallest absolute Gasteiger partial charge is 0.236 e. The van der Waals surface area contributed by atoms with Gasteiger partial charge in [-0.1, -0.05) is 50.7 Å². The topological polar surface area (TPSA) is 53.2 Å². The van der Waals surface area contributed by atoms with Gasteiger partial charge in [-0.05, 0) is 36.5 Å². The Morgan fingerprint density at radius 2 is 1.81 bits per heavy atom. The molecule has 1 rings (SSSR count). The number of carbonyl (C=O) groups is 1. The van der Waals surface area contributed by atoms with Gasteiger partial charge in [0, 0.05) is 10.2 Å². The van der Waals surface area contributed by atoms with E-state index < -0.39 is 15.9 Å². The third-order valence-electron chi connectivity index (χ3n) is 2.13. The molecule has 0 radical (unpaired) electrons. The van der Waals surface area contributed by atoms with Crippen LogP contribution in [0.1, 0.15) is 0 Å². The summed E-state index contributed by atoms with van der Waals surface area (Å²) in [7, 11) is 0. The van der Waals surface area contributed by atoms with Crippen molar-refractivity contribution in [3.05, 3.63) is 28.7 Å². The summed E-state index contributed by atoms with van der Waals surface area (Å²) in [6, 6.07) is 7.29. The Balaban J connectivity index is 2.67. The fourth-order valence-corrected chi connectivity index (χ4v) is 2.14. The molecule has 0 aliphatic carbocycles. The summed E-state index contributed by atoms with van der Waals surface area (Å²) in [5.74, 6) is -0.752. The van der Waals surface area contributed by atoms with Crippen molar-refractivity contribution in [2.45, 2.75) is 9.96 Å². The maximum absolute atomic E-state index is 11.3. The highest BCUT2D eigenvalue weighted by atomic mass is 79.9. The predicted octanol–water partition coefficient (Wildman–Crippen LogP) is 3.79. The molecule has 21 heavy (non-hydrogen) atoms. The molecule has 0 aliphatic heterocycles. The summed E-state index contributed by atoms with van der Waals surface area (Å²) in [6.07, 6.45) is -1.02. The first-order valence-electron chi connectivity index (χ1n) is 5.47. The molecule has 1 unspecified atom stereocenters. The summed E-state index contributed by atoms with van der Waals surface area (Å²) in [5.41, 5.74) is 0.738. The largest absolute Gasteiger partial charge is 0.339 e. The minimum atomic E-state index is -1.80. The Bertz CT molecular complexity index is 509. The molecular formula is C11H10BrCl4N3OS. The molecule has 1 amide bonds. The first-order valence-corrected chi connectivity index (χ1v) is 8.34. The van der Waals surface area contributed by atoms with Crippen LogP contribution < -0.4 is 16.0 Å². The summed E-state index contributed by atoms with van der Waals surface area (Å²) in [4.78, 5) is 11.3. The maximum atomic E-state index is 11.3. The number of hydrogen-bond acceptors (Lipinski definition) is 2. The van der Waals surface area contributed by atoms with Crippen LogP contribution in [0.2, 0.25) is 0 Å². The molecule has 0 fully saturated rings. The summed E-state index contributed by atoms with van der Waals surface area (Å²) in [6.45, 7) is 0. The van der Waals surface area contributed by atoms with Gasteiger partial charge in [-0.15, -0.1) is 11.6 Å². The van der Waals surface area contributed by atoms with Crippen LogP contribution >= 0.6 is 74.6 Å². The van der Waals surface area contributed by atoms with Crippen LogP contribution in [-0.2, 0) is 4.79 Å². The number of nitrogens with one attached hydrogen (secondary N) is 3. The number of benzene rings is 1. The van der Waals surface area contributed by atoms with Crippen molar-refractivity contribution in [3.63, 3.8) is 0 Å². The quantitative estimate of drug-likeness (QED) is 0.369. The Morgan fingerprint density at radius 1 is 1.24 bits per heavy atom. The van der Waals surface area contributed by atoms with Gasteiger partial charge in [-0.2, -0.15) is 0 Å². The average Bonchev–Trinajstić information content (AvgIpc) is 2.39. The first-order chi connectivity index (χ1) is 9.72. The second-order valence-electron chi connectivity index (χ2n) is 3.78. The highest BCUT2D eigenvalue weighted by Gasteiger charge is 2.34. The van der Waals surface area contributed by atoms with Gasteiger partial charge < -0.3 is 16.0 Å². The van der Waals surface area contributed by atoms with Gasteiger partial charge in [-0.25, -0.2) is 0 Å². The molecule has 1 aromatic rings. The van der Waals surface area contributed by atoms with E-state index in [1.165, 1.54) is 0 Å². The number of rotatable bonds is 4. The van der Waals surface area contributed by atoms with Gasteiger partial charge in [0.05, 0.1) is 0 Å². The van der Waals surface area contributed by atoms with Gasteiger partial charge >= 0.3 is 0 Å². The van der Waals surface area contributed by atoms with Crippen molar-refractivity contribution in [2.24, 2.45) is 0 Å². The second kappa shape index (κ2) is 8.60. The number of amides is 1. The Morgan fingerprint density at radius 3 is 2.29 bits per heavy atom. The fourth-order valence-electron chi connectivity index (χ4n) is 1.23. The number of anilines is 1. The van der Waals surface area contributed by atoms with E-state index in [4.69, 9.17) is 58.6 Å². The van der Waals surface area contributed by atoms with E-state index in [2.05, 4.69) is 31.9 Å². The van der Waals surface area contributed by atoms with Crippen LogP contribution in [-0.4, -0.2) is 26.9 Å². The van der Waals surface area contributed by atoms with Gasteiger partial charge in [0.1, 0.15) is 12.0 Å². The van der Waals surface area contributed by atoms with Gasteiger partial charge in [0.25, 0.3) is 0 Å². The van der Waals surface area contributed by atoms with Crippen LogP contribution in [0.15, 0.2) is 28.7 Å². The number of alkyl halides is 4.